The maximum absolute atomic E-state index is 11.1. The lowest BCUT2D eigenvalue weighted by atomic mass is 10.2. The molecule has 60 heavy (non-hydrogen) atoms. The van der Waals surface area contributed by atoms with Gasteiger partial charge >= 0.3 is 48.1 Å². The first-order valence-corrected chi connectivity index (χ1v) is 16.1. The lowest BCUT2D eigenvalue weighted by molar-refractivity contribution is -0.193. The van der Waals surface area contributed by atoms with E-state index in [0.29, 0.717) is 24.0 Å². The highest BCUT2D eigenvalue weighted by atomic mass is 16.6. The monoisotopic (exact) mass is 836 g/mol. The van der Waals surface area contributed by atoms with Crippen molar-refractivity contribution in [1.29, 1.82) is 10.5 Å². The molecule has 0 radical (unpaired) electrons. The van der Waals surface area contributed by atoms with Crippen LogP contribution in [0.3, 0.4) is 0 Å². The van der Waals surface area contributed by atoms with Gasteiger partial charge in [-0.2, -0.15) is 29.7 Å². The van der Waals surface area contributed by atoms with Gasteiger partial charge in [0.25, 0.3) is 11.4 Å². The van der Waals surface area contributed by atoms with E-state index in [1.165, 1.54) is 0 Å². The number of nitrogens with zero attached hydrogens (tertiary/aromatic N) is 4. The van der Waals surface area contributed by atoms with Gasteiger partial charge in [-0.3, -0.25) is 9.59 Å². The first-order valence-electron chi connectivity index (χ1n) is 16.1. The summed E-state index contributed by atoms with van der Waals surface area (Å²) in [5.74, 6) is -3.83. The lowest BCUT2D eigenvalue weighted by Gasteiger charge is -2.07. The summed E-state index contributed by atoms with van der Waals surface area (Å²) in [5, 5.41) is 16.5. The highest BCUT2D eigenvalue weighted by Gasteiger charge is 2.14. The third kappa shape index (κ3) is 40.6. The maximum Gasteiger partial charge on any atom is 0.373 e. The van der Waals surface area contributed by atoms with Gasteiger partial charge < -0.3 is 28.4 Å². The topological polar surface area (TPSA) is 282 Å². The van der Waals surface area contributed by atoms with Gasteiger partial charge in [0.05, 0.1) is 60.8 Å². The van der Waals surface area contributed by atoms with Crippen molar-refractivity contribution < 1.29 is 76.4 Å². The number of ether oxygens (including phenoxy) is 6. The molecule has 0 fully saturated rings. The van der Waals surface area contributed by atoms with Crippen molar-refractivity contribution in [3.05, 3.63) is 120 Å². The van der Waals surface area contributed by atoms with Crippen LogP contribution in [0.4, 0.5) is 0 Å². The summed E-state index contributed by atoms with van der Waals surface area (Å²) in [7, 11) is 0. The smallest absolute Gasteiger partial charge is 0.373 e. The molecule has 0 amide bonds. The summed E-state index contributed by atoms with van der Waals surface area (Å²) in [5.41, 5.74) is 0.616. The zero-order valence-electron chi connectivity index (χ0n) is 33.6. The Labute approximate surface area is 347 Å². The molecule has 0 spiro atoms. The van der Waals surface area contributed by atoms with Crippen LogP contribution < -0.4 is 0 Å². The third-order valence-corrected chi connectivity index (χ3v) is 5.13. The molecule has 0 aliphatic carbocycles. The Morgan fingerprint density at radius 2 is 0.683 bits per heavy atom. The van der Waals surface area contributed by atoms with E-state index in [0.717, 1.165) is 0 Å². The van der Waals surface area contributed by atoms with Gasteiger partial charge in [-0.05, 0) is 26.7 Å². The molecule has 0 saturated carbocycles. The fourth-order valence-electron chi connectivity index (χ4n) is 2.01. The van der Waals surface area contributed by atoms with Crippen LogP contribution in [0.2, 0.25) is 0 Å². The van der Waals surface area contributed by atoms with Gasteiger partial charge in [-0.15, -0.1) is 0 Å². The van der Waals surface area contributed by atoms with E-state index < -0.39 is 35.8 Å². The van der Waals surface area contributed by atoms with Crippen molar-refractivity contribution in [3.63, 3.8) is 0 Å². The quantitative estimate of drug-likeness (QED) is 0.0616. The summed E-state index contributed by atoms with van der Waals surface area (Å²) in [6.45, 7) is 46.4. The van der Waals surface area contributed by atoms with Crippen LogP contribution in [-0.4, -0.2) is 87.8 Å². The Morgan fingerprint density at radius 3 is 0.917 bits per heavy atom. The van der Waals surface area contributed by atoms with E-state index in [4.69, 9.17) is 47.6 Å². The van der Waals surface area contributed by atoms with Crippen LogP contribution in [0.15, 0.2) is 97.5 Å². The van der Waals surface area contributed by atoms with E-state index in [9.17, 15) is 28.8 Å². The normalized spacial score (nSPS) is 7.87. The van der Waals surface area contributed by atoms with Crippen LogP contribution in [0.1, 0.15) is 40.5 Å². The SMILES string of the molecule is C=C(C#N)COC(=O)C(=C)CC.C=C(CC)C(=O)OCC(=C)C(=O)OCC.O=C=O.O=C=O.[C-]#[N+]C(=C)C(=O)OCC(=C)C#N.[C-]#[N+]C(=C)C(=O)OCC(=C)C(=O)OCC. The Balaban J connectivity index is -0.000000155. The highest BCUT2D eigenvalue weighted by Crippen LogP contribution is 2.04. The number of rotatable bonds is 18. The lowest BCUT2D eigenvalue weighted by Crippen LogP contribution is -2.15. The average Bonchev–Trinajstić information content (AvgIpc) is 3.24. The summed E-state index contributed by atoms with van der Waals surface area (Å²) in [6.07, 6.45) is 1.57. The molecule has 320 valence electrons. The minimum absolute atomic E-state index is 0.0166. The van der Waals surface area contributed by atoms with Gasteiger partial charge in [0, 0.05) is 11.1 Å². The minimum atomic E-state index is -0.865. The molecule has 0 aliphatic rings. The van der Waals surface area contributed by atoms with E-state index in [-0.39, 0.29) is 85.6 Å². The molecule has 0 unspecified atom stereocenters. The molecule has 0 heterocycles. The summed E-state index contributed by atoms with van der Waals surface area (Å²) >= 11 is 0. The molecule has 20 nitrogen and oxygen atoms in total. The van der Waals surface area contributed by atoms with Crippen LogP contribution in [-0.2, 0) is 76.4 Å². The number of carbonyl (C=O) groups is 6. The molecule has 0 atom stereocenters. The van der Waals surface area contributed by atoms with Gasteiger partial charge in [0.1, 0.15) is 26.4 Å². The zero-order valence-corrected chi connectivity index (χ0v) is 33.6. The summed E-state index contributed by atoms with van der Waals surface area (Å²) in [6, 6.07) is 3.47. The van der Waals surface area contributed by atoms with Crippen LogP contribution in [0.25, 0.3) is 9.69 Å². The van der Waals surface area contributed by atoms with E-state index in [1.54, 1.807) is 32.9 Å². The first kappa shape index (κ1) is 63.4. The van der Waals surface area contributed by atoms with Gasteiger partial charge in [0.15, 0.2) is 0 Å². The van der Waals surface area contributed by atoms with Gasteiger partial charge in [0.2, 0.25) is 0 Å². The van der Waals surface area contributed by atoms with Crippen LogP contribution in [0, 0.1) is 35.8 Å². The summed E-state index contributed by atoms with van der Waals surface area (Å²) in [4.78, 5) is 104. The molecule has 0 aromatic carbocycles. The molecular weight excluding hydrogens is 792 g/mol. The number of hydrogen-bond acceptors (Lipinski definition) is 18. The van der Waals surface area contributed by atoms with Crippen molar-refractivity contribution in [3.8, 4) is 12.1 Å². The number of nitriles is 2. The average molecular weight is 837 g/mol. The fraction of sp³-hybridized carbons (Fsp3) is 0.300. The van der Waals surface area contributed by atoms with Crippen LogP contribution >= 0.6 is 0 Å². The van der Waals surface area contributed by atoms with Gasteiger partial charge in [-0.1, -0.05) is 66.5 Å². The Hall–Kier alpha value is -8.54. The predicted molar refractivity (Wildman–Crippen MR) is 205 cm³/mol. The number of esters is 6. The van der Waals surface area contributed by atoms with E-state index in [2.05, 4.69) is 86.0 Å². The number of carbonyl (C=O) groups excluding carboxylic acids is 10. The second-order valence-electron chi connectivity index (χ2n) is 9.58. The Bertz CT molecular complexity index is 1840. The van der Waals surface area contributed by atoms with Crippen molar-refractivity contribution in [2.75, 3.05) is 39.6 Å². The maximum atomic E-state index is 11.1. The fourth-order valence-corrected chi connectivity index (χ4v) is 2.01. The van der Waals surface area contributed by atoms with Crippen molar-refractivity contribution in [2.45, 2.75) is 40.5 Å². The molecule has 0 aromatic rings. The number of hydrogen-bond donors (Lipinski definition) is 0. The largest absolute Gasteiger partial charge is 0.465 e. The van der Waals surface area contributed by atoms with Crippen molar-refractivity contribution in [1.82, 2.24) is 0 Å². The molecule has 0 aromatic heterocycles. The molecule has 0 rings (SSSR count). The second kappa shape index (κ2) is 43.2. The van der Waals surface area contributed by atoms with Crippen LogP contribution in [0.5, 0.6) is 0 Å². The van der Waals surface area contributed by atoms with Crippen molar-refractivity contribution >= 4 is 48.1 Å². The summed E-state index contributed by atoms with van der Waals surface area (Å²) < 4.78 is 27.8. The van der Waals surface area contributed by atoms with E-state index in [1.807, 2.05) is 6.92 Å². The minimum Gasteiger partial charge on any atom is -0.465 e. The van der Waals surface area contributed by atoms with Crippen molar-refractivity contribution in [2.24, 2.45) is 0 Å². The standard InChI is InChI=1S/C11H16O4.C10H11NO4.C9H11NO2.C8H6N2O2.2CO2/c1-5-8(3)10(12)15-7-9(4)11(13)14-6-2;1-5-14-9(12)7(2)6-15-10(13)8(3)11-4;1-4-8(3)9(11)12-6-7(2)5-10;1-6(4-9)5-12-8(11)7(2)10-3;2*2-1-3/h3-7H2,1-2H3;2-3,5-6H2,1H3;2-4,6H2,1H3;1-2,5H2;;. The predicted octanol–water partition coefficient (Wildman–Crippen LogP) is 4.15. The van der Waals surface area contributed by atoms with Gasteiger partial charge in [-0.25, -0.2) is 28.9 Å². The molecule has 0 aliphatic heterocycles. The highest BCUT2D eigenvalue weighted by molar-refractivity contribution is 5.92. The molecule has 0 saturated heterocycles. The Kier molecular flexibility index (Phi) is 45.6. The third-order valence-electron chi connectivity index (χ3n) is 5.13. The molecular formula is C40H44N4O16. The molecule has 0 N–H and O–H groups in total. The Morgan fingerprint density at radius 1 is 0.450 bits per heavy atom. The first-order chi connectivity index (χ1) is 28.1. The molecule has 20 heteroatoms. The molecule has 0 bridgehead atoms. The second-order valence-corrected chi connectivity index (χ2v) is 9.58. The van der Waals surface area contributed by atoms with E-state index >= 15 is 0 Å². The zero-order chi connectivity index (χ0) is 48.2.